The van der Waals surface area contributed by atoms with E-state index in [4.69, 9.17) is 17.1 Å². The van der Waals surface area contributed by atoms with Gasteiger partial charge >= 0.3 is 6.18 Å². The normalized spacial score (nSPS) is 13.4. The molecule has 2 aromatic heterocycles. The number of fused-ring (bicyclic) bond motifs is 4. The maximum absolute atomic E-state index is 13.2. The second kappa shape index (κ2) is 6.34. The van der Waals surface area contributed by atoms with Gasteiger partial charge in [0.15, 0.2) is 22.7 Å². The first-order chi connectivity index (χ1) is 14.3. The van der Waals surface area contributed by atoms with Gasteiger partial charge in [0.1, 0.15) is 12.1 Å². The zero-order chi connectivity index (χ0) is 21.6. The molecule has 0 spiro atoms. The summed E-state index contributed by atoms with van der Waals surface area (Å²) in [4.78, 5) is 19.4. The molecule has 11 heteroatoms. The van der Waals surface area contributed by atoms with Crippen LogP contribution in [0.5, 0.6) is 0 Å². The lowest BCUT2D eigenvalue weighted by atomic mass is 10.0. The molecular formula is C19H3F3N8. The summed E-state index contributed by atoms with van der Waals surface area (Å²) in [5, 5.41) is 27.6. The van der Waals surface area contributed by atoms with Gasteiger partial charge < -0.3 is 0 Å². The van der Waals surface area contributed by atoms with Gasteiger partial charge in [-0.2, -0.15) is 23.7 Å². The number of aromatic nitrogens is 4. The van der Waals surface area contributed by atoms with Gasteiger partial charge in [0.25, 0.3) is 5.70 Å². The monoisotopic (exact) mass is 400 g/mol. The fourth-order valence-electron chi connectivity index (χ4n) is 3.04. The first-order valence-electron chi connectivity index (χ1n) is 7.96. The Morgan fingerprint density at radius 1 is 0.900 bits per heavy atom. The molecule has 0 atom stereocenters. The van der Waals surface area contributed by atoms with Crippen LogP contribution in [0.2, 0.25) is 0 Å². The van der Waals surface area contributed by atoms with Crippen LogP contribution >= 0.6 is 0 Å². The predicted molar refractivity (Wildman–Crippen MR) is 93.2 cm³/mol. The van der Waals surface area contributed by atoms with Gasteiger partial charge in [0.05, 0.1) is 29.6 Å². The first-order valence-corrected chi connectivity index (χ1v) is 7.96. The van der Waals surface area contributed by atoms with Crippen molar-refractivity contribution in [3.05, 3.63) is 63.5 Å². The van der Waals surface area contributed by atoms with Gasteiger partial charge in [-0.15, -0.1) is 0 Å². The Morgan fingerprint density at radius 3 is 2.00 bits per heavy atom. The molecule has 0 saturated heterocycles. The van der Waals surface area contributed by atoms with E-state index in [-0.39, 0.29) is 50.8 Å². The number of alkyl halides is 3. The fraction of sp³-hybridized carbons (Fsp3) is 0.0526. The Bertz CT molecular complexity index is 1460. The molecule has 0 N–H and O–H groups in total. The van der Waals surface area contributed by atoms with Gasteiger partial charge in [0, 0.05) is 11.1 Å². The average molecular weight is 400 g/mol. The smallest absolute Gasteiger partial charge is 0.226 e. The summed E-state index contributed by atoms with van der Waals surface area (Å²) >= 11 is 0. The molecule has 140 valence electrons. The third-order valence-corrected chi connectivity index (χ3v) is 4.29. The summed E-state index contributed by atoms with van der Waals surface area (Å²) in [6.07, 6.45) is -4.64. The number of nitriles is 3. The van der Waals surface area contributed by atoms with Crippen LogP contribution in [-0.2, 0) is 6.18 Å². The predicted octanol–water partition coefficient (Wildman–Crippen LogP) is 3.36. The minimum absolute atomic E-state index is 0.0210. The molecular weight excluding hydrogens is 397 g/mol. The Kier molecular flexibility index (Phi) is 3.91. The van der Waals surface area contributed by atoms with E-state index >= 15 is 0 Å². The van der Waals surface area contributed by atoms with Crippen LogP contribution in [0.25, 0.3) is 33.0 Å². The van der Waals surface area contributed by atoms with E-state index in [1.54, 1.807) is 18.2 Å². The zero-order valence-corrected chi connectivity index (χ0v) is 14.4. The summed E-state index contributed by atoms with van der Waals surface area (Å²) in [6, 6.07) is 7.93. The fourth-order valence-corrected chi connectivity index (χ4v) is 3.04. The highest BCUT2D eigenvalue weighted by Gasteiger charge is 2.36. The highest BCUT2D eigenvalue weighted by molar-refractivity contribution is 6.02. The molecule has 3 aromatic rings. The molecule has 0 radical (unpaired) electrons. The Labute approximate surface area is 165 Å². The largest absolute Gasteiger partial charge is 0.416 e. The van der Waals surface area contributed by atoms with Crippen molar-refractivity contribution in [1.29, 1.82) is 15.8 Å². The summed E-state index contributed by atoms with van der Waals surface area (Å²) < 4.78 is 39.7. The van der Waals surface area contributed by atoms with E-state index in [0.29, 0.717) is 0 Å². The number of hydrogen-bond acceptors (Lipinski definition) is 7. The lowest BCUT2D eigenvalue weighted by Gasteiger charge is -2.09. The molecule has 4 rings (SSSR count). The van der Waals surface area contributed by atoms with Gasteiger partial charge in [-0.3, -0.25) is 0 Å². The van der Waals surface area contributed by atoms with Crippen LogP contribution in [-0.4, -0.2) is 19.9 Å². The first kappa shape index (κ1) is 18.5. The second-order valence-electron chi connectivity index (χ2n) is 5.92. The highest BCUT2D eigenvalue weighted by atomic mass is 19.4. The highest BCUT2D eigenvalue weighted by Crippen LogP contribution is 2.46. The number of hydrogen-bond donors (Lipinski definition) is 0. The van der Waals surface area contributed by atoms with Crippen LogP contribution in [0.1, 0.15) is 28.2 Å². The van der Waals surface area contributed by atoms with Gasteiger partial charge in [-0.1, -0.05) is 6.07 Å². The van der Waals surface area contributed by atoms with Gasteiger partial charge in [-0.05, 0) is 17.7 Å². The molecule has 0 aliphatic heterocycles. The molecule has 0 unspecified atom stereocenters. The Morgan fingerprint density at radius 2 is 1.50 bits per heavy atom. The minimum atomic E-state index is -4.64. The third-order valence-electron chi connectivity index (χ3n) is 4.29. The summed E-state index contributed by atoms with van der Waals surface area (Å²) in [5.41, 5.74) is -2.09. The summed E-state index contributed by atoms with van der Waals surface area (Å²) in [7, 11) is 0. The van der Waals surface area contributed by atoms with Crippen LogP contribution in [0, 0.1) is 40.6 Å². The van der Waals surface area contributed by atoms with Crippen molar-refractivity contribution in [3.63, 3.8) is 0 Å². The molecule has 0 saturated carbocycles. The number of allylic oxidation sites excluding steroid dienone is 1. The zero-order valence-electron chi connectivity index (χ0n) is 14.4. The van der Waals surface area contributed by atoms with Crippen molar-refractivity contribution in [1.82, 2.24) is 19.9 Å². The van der Waals surface area contributed by atoms with Crippen molar-refractivity contribution < 1.29 is 13.2 Å². The van der Waals surface area contributed by atoms with E-state index in [9.17, 15) is 18.4 Å². The molecule has 8 nitrogen and oxygen atoms in total. The van der Waals surface area contributed by atoms with E-state index in [2.05, 4.69) is 24.8 Å². The molecule has 0 amide bonds. The average Bonchev–Trinajstić information content (AvgIpc) is 3.04. The number of rotatable bonds is 0. The van der Waals surface area contributed by atoms with Crippen molar-refractivity contribution in [2.24, 2.45) is 0 Å². The maximum atomic E-state index is 13.2. The van der Waals surface area contributed by atoms with E-state index in [0.717, 1.165) is 12.1 Å². The standard InChI is InChI=1S/C19H3F3N8/c1-26-13(7-25)14-10-4-8(19(20,21)22)2-3-9(10)15-16(14)30-18-17(29-15)27-11(5-23)12(6-24)28-18/h2-4H/b14-13+. The van der Waals surface area contributed by atoms with Crippen LogP contribution in [0.4, 0.5) is 13.2 Å². The van der Waals surface area contributed by atoms with Crippen LogP contribution in [0.15, 0.2) is 23.9 Å². The van der Waals surface area contributed by atoms with Crippen LogP contribution < -0.4 is 0 Å². The van der Waals surface area contributed by atoms with Gasteiger partial charge in [0.2, 0.25) is 0 Å². The maximum Gasteiger partial charge on any atom is 0.416 e. The van der Waals surface area contributed by atoms with Crippen molar-refractivity contribution in [3.8, 4) is 29.5 Å². The quantitative estimate of drug-likeness (QED) is 0.327. The molecule has 30 heavy (non-hydrogen) atoms. The molecule has 0 fully saturated rings. The Hall–Kier alpha value is -4.87. The van der Waals surface area contributed by atoms with Crippen molar-refractivity contribution >= 4 is 16.9 Å². The lowest BCUT2D eigenvalue weighted by molar-refractivity contribution is -0.137. The second-order valence-corrected chi connectivity index (χ2v) is 5.92. The van der Waals surface area contributed by atoms with Crippen LogP contribution in [0.3, 0.4) is 0 Å². The molecule has 1 aliphatic rings. The molecule has 1 aromatic carbocycles. The van der Waals surface area contributed by atoms with Crippen molar-refractivity contribution in [2.45, 2.75) is 6.18 Å². The molecule has 1 aliphatic carbocycles. The number of benzene rings is 1. The number of nitrogens with zero attached hydrogens (tertiary/aromatic N) is 8. The van der Waals surface area contributed by atoms with E-state index < -0.39 is 17.4 Å². The summed E-state index contributed by atoms with van der Waals surface area (Å²) in [5.74, 6) is 0. The van der Waals surface area contributed by atoms with Crippen molar-refractivity contribution in [2.75, 3.05) is 0 Å². The Balaban J connectivity index is 2.12. The SMILES string of the molecule is [C-]#[N+]/C(C#N)=C1\c2cc(C(F)(F)F)ccc2-c2nc3nc(C#N)c(C#N)nc3nc21. The minimum Gasteiger partial charge on any atom is -0.226 e. The summed E-state index contributed by atoms with van der Waals surface area (Å²) in [6.45, 7) is 7.23. The third kappa shape index (κ3) is 2.59. The molecule has 0 bridgehead atoms. The van der Waals surface area contributed by atoms with Gasteiger partial charge in [-0.25, -0.2) is 30.0 Å². The lowest BCUT2D eigenvalue weighted by Crippen LogP contribution is -2.05. The molecule has 2 heterocycles. The van der Waals surface area contributed by atoms with E-state index in [1.807, 2.05) is 0 Å². The number of halogens is 3. The van der Waals surface area contributed by atoms with E-state index in [1.165, 1.54) is 6.07 Å². The topological polar surface area (TPSA) is 127 Å².